The van der Waals surface area contributed by atoms with E-state index in [4.69, 9.17) is 4.74 Å². The third-order valence-electron chi connectivity index (χ3n) is 6.71. The van der Waals surface area contributed by atoms with Crippen molar-refractivity contribution in [3.05, 3.63) is 77.9 Å². The van der Waals surface area contributed by atoms with Crippen molar-refractivity contribution in [3.8, 4) is 28.4 Å². The molecule has 0 atom stereocenters. The summed E-state index contributed by atoms with van der Waals surface area (Å²) in [5, 5.41) is 19.6. The van der Waals surface area contributed by atoms with Crippen LogP contribution >= 0.6 is 0 Å². The Labute approximate surface area is 208 Å². The first-order chi connectivity index (χ1) is 17.0. The number of piperidine rings is 1. The fourth-order valence-corrected chi connectivity index (χ4v) is 4.66. The minimum atomic E-state index is -0.129. The largest absolute Gasteiger partial charge is 0.508 e. The standard InChI is InChI=1S/C30H35NO4/c1-2-3-4-5-18-31-19-16-27(17-20-31)35-26-13-8-23(9-14-26)30(34)28-15-12-25(33)21-29(28)22-6-10-24(32)11-7-22/h6-15,21,27,32-33H,2-5,16-20H2,1H3. The number of phenolic OH excluding ortho intramolecular Hbond substituents is 2. The summed E-state index contributed by atoms with van der Waals surface area (Å²) in [6, 6.07) is 18.7. The summed E-state index contributed by atoms with van der Waals surface area (Å²) in [6.07, 6.45) is 7.46. The van der Waals surface area contributed by atoms with Crippen LogP contribution in [0, 0.1) is 0 Å². The van der Waals surface area contributed by atoms with Crippen LogP contribution in [0.15, 0.2) is 66.7 Å². The molecule has 3 aromatic carbocycles. The van der Waals surface area contributed by atoms with Crippen LogP contribution in [0.1, 0.15) is 61.4 Å². The van der Waals surface area contributed by atoms with Crippen LogP contribution in [0.3, 0.4) is 0 Å². The zero-order valence-corrected chi connectivity index (χ0v) is 20.5. The van der Waals surface area contributed by atoms with Gasteiger partial charge in [-0.15, -0.1) is 0 Å². The summed E-state index contributed by atoms with van der Waals surface area (Å²) in [5.41, 5.74) is 2.42. The second-order valence-corrected chi connectivity index (χ2v) is 9.35. The van der Waals surface area contributed by atoms with Crippen LogP contribution in [-0.2, 0) is 0 Å². The fourth-order valence-electron chi connectivity index (χ4n) is 4.66. The monoisotopic (exact) mass is 473 g/mol. The number of hydrogen-bond acceptors (Lipinski definition) is 5. The van der Waals surface area contributed by atoms with Gasteiger partial charge in [-0.2, -0.15) is 0 Å². The van der Waals surface area contributed by atoms with Crippen LogP contribution in [0.4, 0.5) is 0 Å². The Morgan fingerprint density at radius 1 is 0.886 bits per heavy atom. The minimum Gasteiger partial charge on any atom is -0.508 e. The Morgan fingerprint density at radius 3 is 2.26 bits per heavy atom. The first-order valence-corrected chi connectivity index (χ1v) is 12.7. The highest BCUT2D eigenvalue weighted by molar-refractivity contribution is 6.13. The molecule has 1 aliphatic heterocycles. The summed E-state index contributed by atoms with van der Waals surface area (Å²) in [7, 11) is 0. The number of rotatable bonds is 10. The average molecular weight is 474 g/mol. The number of carbonyl (C=O) groups excluding carboxylic acids is 1. The Bertz CT molecular complexity index is 1100. The van der Waals surface area contributed by atoms with Gasteiger partial charge in [0.25, 0.3) is 0 Å². The van der Waals surface area contributed by atoms with E-state index in [2.05, 4.69) is 11.8 Å². The second-order valence-electron chi connectivity index (χ2n) is 9.35. The van der Waals surface area contributed by atoms with Crippen LogP contribution in [0.2, 0.25) is 0 Å². The molecular formula is C30H35NO4. The Morgan fingerprint density at radius 2 is 1.57 bits per heavy atom. The van der Waals surface area contributed by atoms with Gasteiger partial charge in [-0.05, 0) is 91.5 Å². The maximum absolute atomic E-state index is 13.3. The average Bonchev–Trinajstić information content (AvgIpc) is 2.88. The lowest BCUT2D eigenvalue weighted by molar-refractivity contribution is 0.0994. The van der Waals surface area contributed by atoms with Gasteiger partial charge >= 0.3 is 0 Å². The van der Waals surface area contributed by atoms with Gasteiger partial charge in [0.2, 0.25) is 0 Å². The number of benzene rings is 3. The van der Waals surface area contributed by atoms with E-state index in [0.29, 0.717) is 16.7 Å². The molecule has 5 heteroatoms. The van der Waals surface area contributed by atoms with Gasteiger partial charge in [-0.25, -0.2) is 0 Å². The molecular weight excluding hydrogens is 438 g/mol. The number of ketones is 1. The van der Waals surface area contributed by atoms with E-state index in [1.165, 1.54) is 38.3 Å². The molecule has 0 amide bonds. The van der Waals surface area contributed by atoms with Crippen molar-refractivity contribution in [2.45, 2.75) is 51.6 Å². The molecule has 0 aliphatic carbocycles. The van der Waals surface area contributed by atoms with Crippen molar-refractivity contribution in [2.24, 2.45) is 0 Å². The van der Waals surface area contributed by atoms with Crippen LogP contribution in [0.5, 0.6) is 17.2 Å². The maximum Gasteiger partial charge on any atom is 0.193 e. The van der Waals surface area contributed by atoms with E-state index < -0.39 is 0 Å². The molecule has 4 rings (SSSR count). The number of ether oxygens (including phenoxy) is 1. The van der Waals surface area contributed by atoms with Gasteiger partial charge in [0.15, 0.2) is 5.78 Å². The molecule has 1 fully saturated rings. The highest BCUT2D eigenvalue weighted by Crippen LogP contribution is 2.31. The maximum atomic E-state index is 13.3. The molecule has 1 aliphatic rings. The number of nitrogens with zero attached hydrogens (tertiary/aromatic N) is 1. The van der Waals surface area contributed by atoms with Crippen molar-refractivity contribution < 1.29 is 19.7 Å². The number of likely N-dealkylation sites (tertiary alicyclic amines) is 1. The predicted octanol–water partition coefficient (Wildman–Crippen LogP) is 6.42. The number of phenols is 2. The Kier molecular flexibility index (Phi) is 8.43. The van der Waals surface area contributed by atoms with Crippen molar-refractivity contribution in [2.75, 3.05) is 19.6 Å². The van der Waals surface area contributed by atoms with Gasteiger partial charge in [0.05, 0.1) is 0 Å². The van der Waals surface area contributed by atoms with Gasteiger partial charge in [0.1, 0.15) is 23.4 Å². The van der Waals surface area contributed by atoms with E-state index in [-0.39, 0.29) is 23.4 Å². The number of hydrogen-bond donors (Lipinski definition) is 2. The van der Waals surface area contributed by atoms with Crippen LogP contribution in [-0.4, -0.2) is 46.6 Å². The van der Waals surface area contributed by atoms with Gasteiger partial charge < -0.3 is 19.8 Å². The SMILES string of the molecule is CCCCCCN1CCC(Oc2ccc(C(=O)c3ccc(O)cc3-c3ccc(O)cc3)cc2)CC1. The molecule has 5 nitrogen and oxygen atoms in total. The molecule has 2 N–H and O–H groups in total. The summed E-state index contributed by atoms with van der Waals surface area (Å²) in [4.78, 5) is 15.8. The van der Waals surface area contributed by atoms with Crippen LogP contribution < -0.4 is 4.74 Å². The fraction of sp³-hybridized carbons (Fsp3) is 0.367. The van der Waals surface area contributed by atoms with Crippen molar-refractivity contribution >= 4 is 5.78 Å². The molecule has 0 radical (unpaired) electrons. The number of aromatic hydroxyl groups is 2. The zero-order chi connectivity index (χ0) is 24.6. The van der Waals surface area contributed by atoms with Crippen molar-refractivity contribution in [1.29, 1.82) is 0 Å². The van der Waals surface area contributed by atoms with E-state index in [1.54, 1.807) is 48.5 Å². The first kappa shape index (κ1) is 24.8. The molecule has 0 bridgehead atoms. The highest BCUT2D eigenvalue weighted by atomic mass is 16.5. The molecule has 184 valence electrons. The Balaban J connectivity index is 1.37. The van der Waals surface area contributed by atoms with Crippen LogP contribution in [0.25, 0.3) is 11.1 Å². The normalized spacial score (nSPS) is 14.7. The number of unbranched alkanes of at least 4 members (excludes halogenated alkanes) is 3. The third-order valence-corrected chi connectivity index (χ3v) is 6.71. The van der Waals surface area contributed by atoms with E-state index >= 15 is 0 Å². The summed E-state index contributed by atoms with van der Waals surface area (Å²) < 4.78 is 6.21. The molecule has 0 aromatic heterocycles. The van der Waals surface area contributed by atoms with E-state index in [9.17, 15) is 15.0 Å². The molecule has 0 unspecified atom stereocenters. The zero-order valence-electron chi connectivity index (χ0n) is 20.5. The second kappa shape index (κ2) is 11.9. The lowest BCUT2D eigenvalue weighted by Gasteiger charge is -2.32. The summed E-state index contributed by atoms with van der Waals surface area (Å²) in [6.45, 7) is 5.59. The number of carbonyl (C=O) groups is 1. The molecule has 1 saturated heterocycles. The quantitative estimate of drug-likeness (QED) is 0.263. The molecule has 0 spiro atoms. The lowest BCUT2D eigenvalue weighted by Crippen LogP contribution is -2.38. The first-order valence-electron chi connectivity index (χ1n) is 12.7. The minimum absolute atomic E-state index is 0.0837. The van der Waals surface area contributed by atoms with Crippen molar-refractivity contribution in [1.82, 2.24) is 4.90 Å². The highest BCUT2D eigenvalue weighted by Gasteiger charge is 2.21. The summed E-state index contributed by atoms with van der Waals surface area (Å²) in [5.74, 6) is 0.888. The smallest absolute Gasteiger partial charge is 0.193 e. The molecule has 1 heterocycles. The molecule has 3 aromatic rings. The van der Waals surface area contributed by atoms with Gasteiger partial charge in [-0.1, -0.05) is 38.3 Å². The molecule has 0 saturated carbocycles. The predicted molar refractivity (Wildman–Crippen MR) is 139 cm³/mol. The van der Waals surface area contributed by atoms with Crippen molar-refractivity contribution in [3.63, 3.8) is 0 Å². The molecule has 35 heavy (non-hydrogen) atoms. The van der Waals surface area contributed by atoms with Gasteiger partial charge in [-0.3, -0.25) is 4.79 Å². The van der Waals surface area contributed by atoms with Gasteiger partial charge in [0, 0.05) is 24.2 Å². The van der Waals surface area contributed by atoms with E-state index in [0.717, 1.165) is 37.2 Å². The summed E-state index contributed by atoms with van der Waals surface area (Å²) >= 11 is 0. The lowest BCUT2D eigenvalue weighted by atomic mass is 9.93. The Hall–Kier alpha value is -3.31. The third kappa shape index (κ3) is 6.64. The van der Waals surface area contributed by atoms with E-state index in [1.807, 2.05) is 12.1 Å². The topological polar surface area (TPSA) is 70.0 Å².